The number of fused-ring (bicyclic) bond motifs is 1. The van der Waals surface area contributed by atoms with Gasteiger partial charge >= 0.3 is 0 Å². The first-order valence-electron chi connectivity index (χ1n) is 8.79. The van der Waals surface area contributed by atoms with Crippen LogP contribution < -0.4 is 10.6 Å². The van der Waals surface area contributed by atoms with E-state index in [1.54, 1.807) is 18.3 Å². The van der Waals surface area contributed by atoms with Crippen LogP contribution in [0.15, 0.2) is 24.4 Å². The normalized spacial score (nSPS) is 23.9. The van der Waals surface area contributed by atoms with Crippen molar-refractivity contribution in [2.24, 2.45) is 0 Å². The second kappa shape index (κ2) is 6.93. The summed E-state index contributed by atoms with van der Waals surface area (Å²) in [6.07, 6.45) is 5.90. The molecule has 1 aromatic carbocycles. The second-order valence-electron chi connectivity index (χ2n) is 6.78. The standard InChI is InChI=1S/C18H22N4O3/c23-16-10-25-9-15(16)21-17(24)11-5-6-12-8-19-18(22-14(12)7-11)20-13-3-1-2-4-13/h5-8,13,15-16,23H,1-4,9-10H2,(H,21,24)(H,19,20,22). The molecule has 4 rings (SSSR count). The number of amides is 1. The van der Waals surface area contributed by atoms with E-state index in [0.717, 1.165) is 23.7 Å². The van der Waals surface area contributed by atoms with Crippen LogP contribution in [-0.4, -0.2) is 52.4 Å². The van der Waals surface area contributed by atoms with Gasteiger partial charge in [-0.3, -0.25) is 4.79 Å². The zero-order valence-corrected chi connectivity index (χ0v) is 13.9. The topological polar surface area (TPSA) is 96.4 Å². The van der Waals surface area contributed by atoms with Crippen LogP contribution in [-0.2, 0) is 4.74 Å². The highest BCUT2D eigenvalue weighted by Crippen LogP contribution is 2.22. The summed E-state index contributed by atoms with van der Waals surface area (Å²) in [5, 5.41) is 16.8. The molecule has 1 saturated carbocycles. The van der Waals surface area contributed by atoms with Crippen molar-refractivity contribution in [1.82, 2.24) is 15.3 Å². The SMILES string of the molecule is O=C(NC1COCC1O)c1ccc2cnc(NC3CCCC3)nc2c1. The van der Waals surface area contributed by atoms with Crippen LogP contribution in [0.3, 0.4) is 0 Å². The van der Waals surface area contributed by atoms with E-state index in [1.165, 1.54) is 12.8 Å². The fourth-order valence-corrected chi connectivity index (χ4v) is 3.42. The van der Waals surface area contributed by atoms with Crippen LogP contribution >= 0.6 is 0 Å². The first-order chi connectivity index (χ1) is 12.2. The van der Waals surface area contributed by atoms with Gasteiger partial charge in [0.15, 0.2) is 0 Å². The average Bonchev–Trinajstić information content (AvgIpc) is 3.26. The van der Waals surface area contributed by atoms with Crippen LogP contribution in [0, 0.1) is 0 Å². The summed E-state index contributed by atoms with van der Waals surface area (Å²) in [6.45, 7) is 0.588. The number of hydrogen-bond donors (Lipinski definition) is 3. The van der Waals surface area contributed by atoms with Gasteiger partial charge in [-0.25, -0.2) is 9.97 Å². The molecule has 1 aromatic heterocycles. The average molecular weight is 342 g/mol. The number of nitrogens with zero attached hydrogens (tertiary/aromatic N) is 2. The number of carbonyl (C=O) groups is 1. The fourth-order valence-electron chi connectivity index (χ4n) is 3.42. The zero-order valence-electron chi connectivity index (χ0n) is 13.9. The Bertz CT molecular complexity index is 776. The minimum atomic E-state index is -0.658. The highest BCUT2D eigenvalue weighted by Gasteiger charge is 2.27. The van der Waals surface area contributed by atoms with E-state index in [2.05, 4.69) is 20.6 Å². The molecule has 0 radical (unpaired) electrons. The molecule has 1 aliphatic heterocycles. The van der Waals surface area contributed by atoms with Gasteiger partial charge in [0.25, 0.3) is 5.91 Å². The lowest BCUT2D eigenvalue weighted by Crippen LogP contribution is -2.42. The third-order valence-electron chi connectivity index (χ3n) is 4.90. The lowest BCUT2D eigenvalue weighted by Gasteiger charge is -2.15. The van der Waals surface area contributed by atoms with Gasteiger partial charge in [0.05, 0.1) is 30.9 Å². The van der Waals surface area contributed by atoms with Crippen molar-refractivity contribution in [1.29, 1.82) is 0 Å². The maximum absolute atomic E-state index is 12.4. The number of ether oxygens (including phenoxy) is 1. The second-order valence-corrected chi connectivity index (χ2v) is 6.78. The van der Waals surface area contributed by atoms with Crippen LogP contribution in [0.5, 0.6) is 0 Å². The molecule has 0 bridgehead atoms. The summed E-state index contributed by atoms with van der Waals surface area (Å²) in [7, 11) is 0. The number of aromatic nitrogens is 2. The number of aliphatic hydroxyl groups is 1. The molecule has 2 fully saturated rings. The Labute approximate surface area is 145 Å². The van der Waals surface area contributed by atoms with Gasteiger partial charge in [0.2, 0.25) is 5.95 Å². The van der Waals surface area contributed by atoms with Gasteiger partial charge in [0.1, 0.15) is 0 Å². The maximum atomic E-state index is 12.4. The fraction of sp³-hybridized carbons (Fsp3) is 0.500. The predicted molar refractivity (Wildman–Crippen MR) is 93.5 cm³/mol. The summed E-state index contributed by atoms with van der Waals surface area (Å²) in [6, 6.07) is 5.41. The van der Waals surface area contributed by atoms with E-state index in [4.69, 9.17) is 4.74 Å². The smallest absolute Gasteiger partial charge is 0.251 e. The lowest BCUT2D eigenvalue weighted by molar-refractivity contribution is 0.0886. The van der Waals surface area contributed by atoms with Crippen molar-refractivity contribution < 1.29 is 14.6 Å². The Morgan fingerprint density at radius 1 is 1.24 bits per heavy atom. The summed E-state index contributed by atoms with van der Waals surface area (Å²) in [5.41, 5.74) is 1.24. The number of rotatable bonds is 4. The molecule has 7 heteroatoms. The third-order valence-corrected chi connectivity index (χ3v) is 4.90. The lowest BCUT2D eigenvalue weighted by atomic mass is 10.1. The maximum Gasteiger partial charge on any atom is 0.251 e. The Morgan fingerprint density at radius 3 is 2.84 bits per heavy atom. The summed E-state index contributed by atoms with van der Waals surface area (Å²) in [4.78, 5) is 21.3. The Kier molecular flexibility index (Phi) is 4.50. The predicted octanol–water partition coefficient (Wildman–Crippen LogP) is 1.47. The molecule has 1 aliphatic carbocycles. The van der Waals surface area contributed by atoms with Crippen molar-refractivity contribution in [3.05, 3.63) is 30.0 Å². The van der Waals surface area contributed by atoms with Crippen LogP contribution in [0.1, 0.15) is 36.0 Å². The minimum absolute atomic E-state index is 0.236. The molecule has 2 heterocycles. The van der Waals surface area contributed by atoms with Crippen molar-refractivity contribution in [2.45, 2.75) is 43.9 Å². The highest BCUT2D eigenvalue weighted by atomic mass is 16.5. The van der Waals surface area contributed by atoms with Crippen LogP contribution in [0.25, 0.3) is 10.9 Å². The molecule has 2 unspecified atom stereocenters. The van der Waals surface area contributed by atoms with Crippen molar-refractivity contribution in [3.63, 3.8) is 0 Å². The van der Waals surface area contributed by atoms with E-state index in [1.807, 2.05) is 6.07 Å². The molecule has 2 atom stereocenters. The Balaban J connectivity index is 1.52. The van der Waals surface area contributed by atoms with Gasteiger partial charge in [0, 0.05) is 23.2 Å². The largest absolute Gasteiger partial charge is 0.388 e. The Hall–Kier alpha value is -2.25. The molecular weight excluding hydrogens is 320 g/mol. The third kappa shape index (κ3) is 3.57. The van der Waals surface area contributed by atoms with E-state index in [0.29, 0.717) is 24.2 Å². The number of benzene rings is 1. The van der Waals surface area contributed by atoms with Crippen LogP contribution in [0.2, 0.25) is 0 Å². The zero-order chi connectivity index (χ0) is 17.2. The van der Waals surface area contributed by atoms with E-state index >= 15 is 0 Å². The first-order valence-corrected chi connectivity index (χ1v) is 8.79. The molecule has 132 valence electrons. The first kappa shape index (κ1) is 16.2. The van der Waals surface area contributed by atoms with E-state index < -0.39 is 6.10 Å². The molecule has 3 N–H and O–H groups in total. The number of hydrogen-bond acceptors (Lipinski definition) is 6. The molecule has 2 aromatic rings. The van der Waals surface area contributed by atoms with Crippen molar-refractivity contribution >= 4 is 22.8 Å². The quantitative estimate of drug-likeness (QED) is 0.779. The Morgan fingerprint density at radius 2 is 2.08 bits per heavy atom. The molecule has 25 heavy (non-hydrogen) atoms. The van der Waals surface area contributed by atoms with Crippen molar-refractivity contribution in [2.75, 3.05) is 18.5 Å². The number of nitrogens with one attached hydrogen (secondary N) is 2. The molecule has 1 saturated heterocycles. The van der Waals surface area contributed by atoms with Crippen LogP contribution in [0.4, 0.5) is 5.95 Å². The molecule has 1 amide bonds. The van der Waals surface area contributed by atoms with Gasteiger partial charge in [-0.1, -0.05) is 18.9 Å². The monoisotopic (exact) mass is 342 g/mol. The summed E-state index contributed by atoms with van der Waals surface area (Å²) < 4.78 is 5.16. The van der Waals surface area contributed by atoms with E-state index in [-0.39, 0.29) is 18.6 Å². The van der Waals surface area contributed by atoms with E-state index in [9.17, 15) is 9.90 Å². The summed E-state index contributed by atoms with van der Waals surface area (Å²) >= 11 is 0. The van der Waals surface area contributed by atoms with Gasteiger partial charge < -0.3 is 20.5 Å². The molecule has 2 aliphatic rings. The van der Waals surface area contributed by atoms with Gasteiger partial charge in [-0.05, 0) is 25.0 Å². The van der Waals surface area contributed by atoms with Gasteiger partial charge in [-0.2, -0.15) is 0 Å². The minimum Gasteiger partial charge on any atom is -0.388 e. The summed E-state index contributed by atoms with van der Waals surface area (Å²) in [5.74, 6) is 0.372. The molecule has 0 spiro atoms. The molecule has 7 nitrogen and oxygen atoms in total. The highest BCUT2D eigenvalue weighted by molar-refractivity contribution is 5.98. The van der Waals surface area contributed by atoms with Crippen molar-refractivity contribution in [3.8, 4) is 0 Å². The number of anilines is 1. The molecular formula is C18H22N4O3. The van der Waals surface area contributed by atoms with Gasteiger partial charge in [-0.15, -0.1) is 0 Å². The number of carbonyl (C=O) groups excluding carboxylic acids is 1. The number of aliphatic hydroxyl groups excluding tert-OH is 1.